The standard InChI is InChI=1S/C10H15NS2.ClH/c11-9(8-12)6-7-13-10-4-2-1-3-5-10;/h1-5,9,12H,6-8,11H2;1H. The monoisotopic (exact) mass is 249 g/mol. The molecule has 0 spiro atoms. The van der Waals surface area contributed by atoms with Gasteiger partial charge in [-0.05, 0) is 24.3 Å². The predicted molar refractivity (Wildman–Crippen MR) is 70.9 cm³/mol. The molecule has 0 saturated carbocycles. The first-order valence-corrected chi connectivity index (χ1v) is 5.99. The Morgan fingerprint density at radius 2 is 1.93 bits per heavy atom. The molecule has 0 aromatic heterocycles. The summed E-state index contributed by atoms with van der Waals surface area (Å²) in [5.74, 6) is 1.85. The molecule has 80 valence electrons. The van der Waals surface area contributed by atoms with E-state index in [0.717, 1.165) is 17.9 Å². The highest BCUT2D eigenvalue weighted by Gasteiger charge is 1.99. The summed E-state index contributed by atoms with van der Waals surface area (Å²) in [7, 11) is 0. The van der Waals surface area contributed by atoms with Gasteiger partial charge in [-0.2, -0.15) is 12.6 Å². The van der Waals surface area contributed by atoms with Crippen LogP contribution in [0.5, 0.6) is 0 Å². The predicted octanol–water partition coefficient (Wildman–Crippen LogP) is 2.85. The molecule has 0 heterocycles. The summed E-state index contributed by atoms with van der Waals surface area (Å²) < 4.78 is 0. The molecule has 0 radical (unpaired) electrons. The number of rotatable bonds is 5. The van der Waals surface area contributed by atoms with Crippen LogP contribution in [0, 0.1) is 0 Å². The summed E-state index contributed by atoms with van der Waals surface area (Å²) in [5, 5.41) is 0. The molecular weight excluding hydrogens is 234 g/mol. The van der Waals surface area contributed by atoms with Crippen molar-refractivity contribution in [2.75, 3.05) is 11.5 Å². The largest absolute Gasteiger partial charge is 0.327 e. The Morgan fingerprint density at radius 3 is 2.50 bits per heavy atom. The third kappa shape index (κ3) is 5.81. The quantitative estimate of drug-likeness (QED) is 0.620. The number of nitrogens with two attached hydrogens (primary N) is 1. The average Bonchev–Trinajstić information content (AvgIpc) is 2.19. The lowest BCUT2D eigenvalue weighted by Gasteiger charge is -2.06. The fraction of sp³-hybridized carbons (Fsp3) is 0.400. The van der Waals surface area contributed by atoms with E-state index in [-0.39, 0.29) is 18.4 Å². The summed E-state index contributed by atoms with van der Waals surface area (Å²) in [5.41, 5.74) is 5.75. The molecule has 1 rings (SSSR count). The van der Waals surface area contributed by atoms with Crippen LogP contribution in [0.3, 0.4) is 0 Å². The van der Waals surface area contributed by atoms with Crippen molar-refractivity contribution in [1.29, 1.82) is 0 Å². The lowest BCUT2D eigenvalue weighted by atomic mass is 10.3. The molecule has 0 fully saturated rings. The summed E-state index contributed by atoms with van der Waals surface area (Å²) in [6.07, 6.45) is 1.03. The molecule has 4 heteroatoms. The van der Waals surface area contributed by atoms with Crippen molar-refractivity contribution in [3.63, 3.8) is 0 Å². The summed E-state index contributed by atoms with van der Waals surface area (Å²) in [6.45, 7) is 0. The maximum atomic E-state index is 5.75. The Bertz CT molecular complexity index is 231. The summed E-state index contributed by atoms with van der Waals surface area (Å²) in [6, 6.07) is 10.6. The van der Waals surface area contributed by atoms with Gasteiger partial charge >= 0.3 is 0 Å². The molecule has 1 aromatic carbocycles. The first kappa shape index (κ1) is 14.2. The van der Waals surface area contributed by atoms with Gasteiger partial charge in [0.05, 0.1) is 0 Å². The Hall–Kier alpha value is 0.170. The van der Waals surface area contributed by atoms with Crippen molar-refractivity contribution in [3.05, 3.63) is 30.3 Å². The number of hydrogen-bond donors (Lipinski definition) is 2. The molecule has 1 atom stereocenters. The number of thioether (sulfide) groups is 1. The summed E-state index contributed by atoms with van der Waals surface area (Å²) in [4.78, 5) is 1.31. The van der Waals surface area contributed by atoms with Crippen molar-refractivity contribution < 1.29 is 0 Å². The SMILES string of the molecule is Cl.NC(CS)CCSc1ccccc1. The molecule has 2 N–H and O–H groups in total. The maximum Gasteiger partial charge on any atom is 0.0135 e. The van der Waals surface area contributed by atoms with Crippen molar-refractivity contribution >= 4 is 36.8 Å². The zero-order valence-corrected chi connectivity index (χ0v) is 10.5. The Balaban J connectivity index is 0.00000169. The molecule has 0 amide bonds. The van der Waals surface area contributed by atoms with Crippen molar-refractivity contribution in [2.24, 2.45) is 5.73 Å². The average molecular weight is 250 g/mol. The topological polar surface area (TPSA) is 26.0 Å². The Kier molecular flexibility index (Phi) is 8.58. The third-order valence-electron chi connectivity index (χ3n) is 1.74. The van der Waals surface area contributed by atoms with Crippen LogP contribution in [0.1, 0.15) is 6.42 Å². The van der Waals surface area contributed by atoms with Gasteiger partial charge in [0.2, 0.25) is 0 Å². The van der Waals surface area contributed by atoms with Crippen LogP contribution >= 0.6 is 36.8 Å². The van der Waals surface area contributed by atoms with Crippen LogP contribution in [0.25, 0.3) is 0 Å². The van der Waals surface area contributed by atoms with Gasteiger partial charge in [0.15, 0.2) is 0 Å². The molecule has 0 aliphatic rings. The second-order valence-electron chi connectivity index (χ2n) is 2.89. The van der Waals surface area contributed by atoms with Crippen LogP contribution in [0.2, 0.25) is 0 Å². The fourth-order valence-corrected chi connectivity index (χ4v) is 2.12. The van der Waals surface area contributed by atoms with E-state index in [0.29, 0.717) is 0 Å². The van der Waals surface area contributed by atoms with E-state index >= 15 is 0 Å². The zero-order chi connectivity index (χ0) is 9.52. The molecule has 0 bridgehead atoms. The highest BCUT2D eigenvalue weighted by Crippen LogP contribution is 2.18. The molecule has 0 aliphatic carbocycles. The van der Waals surface area contributed by atoms with Gasteiger partial charge in [0.1, 0.15) is 0 Å². The van der Waals surface area contributed by atoms with Crippen LogP contribution in [-0.2, 0) is 0 Å². The second-order valence-corrected chi connectivity index (χ2v) is 4.43. The lowest BCUT2D eigenvalue weighted by Crippen LogP contribution is -2.22. The van der Waals surface area contributed by atoms with Crippen molar-refractivity contribution in [3.8, 4) is 0 Å². The zero-order valence-electron chi connectivity index (χ0n) is 7.93. The minimum Gasteiger partial charge on any atom is -0.327 e. The smallest absolute Gasteiger partial charge is 0.0135 e. The lowest BCUT2D eigenvalue weighted by molar-refractivity contribution is 0.733. The van der Waals surface area contributed by atoms with E-state index in [2.05, 4.69) is 36.9 Å². The fourth-order valence-electron chi connectivity index (χ4n) is 0.936. The van der Waals surface area contributed by atoms with Gasteiger partial charge in [0.25, 0.3) is 0 Å². The van der Waals surface area contributed by atoms with E-state index in [4.69, 9.17) is 5.73 Å². The normalized spacial score (nSPS) is 11.9. The van der Waals surface area contributed by atoms with Crippen molar-refractivity contribution in [2.45, 2.75) is 17.4 Å². The van der Waals surface area contributed by atoms with E-state index in [1.165, 1.54) is 4.90 Å². The van der Waals surface area contributed by atoms with Crippen LogP contribution in [-0.4, -0.2) is 17.5 Å². The number of benzene rings is 1. The number of thiol groups is 1. The van der Waals surface area contributed by atoms with Gasteiger partial charge in [-0.1, -0.05) is 18.2 Å². The molecule has 1 nitrogen and oxygen atoms in total. The van der Waals surface area contributed by atoms with E-state index in [1.807, 2.05) is 17.8 Å². The first-order chi connectivity index (χ1) is 6.33. The third-order valence-corrected chi connectivity index (χ3v) is 3.25. The van der Waals surface area contributed by atoms with E-state index in [1.54, 1.807) is 0 Å². The molecule has 14 heavy (non-hydrogen) atoms. The first-order valence-electron chi connectivity index (χ1n) is 4.37. The second kappa shape index (κ2) is 8.48. The Morgan fingerprint density at radius 1 is 1.29 bits per heavy atom. The van der Waals surface area contributed by atoms with Crippen LogP contribution < -0.4 is 5.73 Å². The maximum absolute atomic E-state index is 5.75. The highest BCUT2D eigenvalue weighted by molar-refractivity contribution is 7.99. The van der Waals surface area contributed by atoms with Gasteiger partial charge in [-0.3, -0.25) is 0 Å². The minimum absolute atomic E-state index is 0. The number of hydrogen-bond acceptors (Lipinski definition) is 3. The molecule has 1 unspecified atom stereocenters. The highest BCUT2D eigenvalue weighted by atomic mass is 35.5. The molecule has 1 aromatic rings. The molecule has 0 aliphatic heterocycles. The van der Waals surface area contributed by atoms with Gasteiger partial charge in [-0.15, -0.1) is 24.2 Å². The van der Waals surface area contributed by atoms with E-state index in [9.17, 15) is 0 Å². The van der Waals surface area contributed by atoms with E-state index < -0.39 is 0 Å². The molecular formula is C10H16ClNS2. The van der Waals surface area contributed by atoms with Crippen LogP contribution in [0.4, 0.5) is 0 Å². The van der Waals surface area contributed by atoms with Crippen molar-refractivity contribution in [1.82, 2.24) is 0 Å². The van der Waals surface area contributed by atoms with Gasteiger partial charge < -0.3 is 5.73 Å². The number of halogens is 1. The Labute approximate surface area is 102 Å². The van der Waals surface area contributed by atoms with Gasteiger partial charge in [-0.25, -0.2) is 0 Å². The van der Waals surface area contributed by atoms with Crippen LogP contribution in [0.15, 0.2) is 35.2 Å². The minimum atomic E-state index is 0. The van der Waals surface area contributed by atoms with Gasteiger partial charge in [0, 0.05) is 16.7 Å². The molecule has 0 saturated heterocycles. The summed E-state index contributed by atoms with van der Waals surface area (Å²) >= 11 is 5.99.